The number of hydrogen-bond acceptors (Lipinski definition) is 1. The minimum absolute atomic E-state index is 0.153. The summed E-state index contributed by atoms with van der Waals surface area (Å²) in [6, 6.07) is 6.49. The van der Waals surface area contributed by atoms with Crippen LogP contribution in [0.4, 0.5) is 39.5 Å². The zero-order chi connectivity index (χ0) is 18.4. The Labute approximate surface area is 131 Å². The standard InChI is InChI=1S/C14H12F9N/c15-11(16,12(17,18)13(19,20)14(21,22)23)8-24-6-5-9-3-1-2-4-10(9)7-24/h1-4H,5-8H2. The van der Waals surface area contributed by atoms with Gasteiger partial charge in [-0.1, -0.05) is 24.3 Å². The highest BCUT2D eigenvalue weighted by atomic mass is 19.4. The Balaban J connectivity index is 2.19. The summed E-state index contributed by atoms with van der Waals surface area (Å²) in [4.78, 5) is 0.739. The smallest absolute Gasteiger partial charge is 0.293 e. The van der Waals surface area contributed by atoms with Gasteiger partial charge in [0.2, 0.25) is 0 Å². The molecule has 0 aromatic heterocycles. The van der Waals surface area contributed by atoms with Crippen LogP contribution >= 0.6 is 0 Å². The number of hydrogen-bond donors (Lipinski definition) is 0. The summed E-state index contributed by atoms with van der Waals surface area (Å²) in [5.74, 6) is -19.0. The molecule has 0 fully saturated rings. The molecular weight excluding hydrogens is 353 g/mol. The Kier molecular flexibility index (Phi) is 4.58. The maximum Gasteiger partial charge on any atom is 0.460 e. The second kappa shape index (κ2) is 5.82. The number of alkyl halides is 9. The van der Waals surface area contributed by atoms with Gasteiger partial charge in [0.05, 0.1) is 6.54 Å². The lowest BCUT2D eigenvalue weighted by molar-refractivity contribution is -0.397. The quantitative estimate of drug-likeness (QED) is 0.710. The van der Waals surface area contributed by atoms with E-state index in [1.807, 2.05) is 0 Å². The van der Waals surface area contributed by atoms with E-state index in [1.165, 1.54) is 0 Å². The van der Waals surface area contributed by atoms with Gasteiger partial charge in [-0.3, -0.25) is 4.90 Å². The van der Waals surface area contributed by atoms with Gasteiger partial charge in [0.1, 0.15) is 0 Å². The molecule has 0 unspecified atom stereocenters. The van der Waals surface area contributed by atoms with E-state index in [1.54, 1.807) is 24.3 Å². The lowest BCUT2D eigenvalue weighted by atomic mass is 9.98. The highest BCUT2D eigenvalue weighted by Crippen LogP contribution is 2.53. The first kappa shape index (κ1) is 18.9. The van der Waals surface area contributed by atoms with Crippen molar-refractivity contribution in [3.05, 3.63) is 35.4 Å². The summed E-state index contributed by atoms with van der Waals surface area (Å²) < 4.78 is 116. The van der Waals surface area contributed by atoms with E-state index in [9.17, 15) is 39.5 Å². The molecule has 1 aliphatic rings. The first-order chi connectivity index (χ1) is 10.8. The van der Waals surface area contributed by atoms with Crippen molar-refractivity contribution in [1.29, 1.82) is 0 Å². The summed E-state index contributed by atoms with van der Waals surface area (Å²) in [5.41, 5.74) is 1.31. The molecule has 0 radical (unpaired) electrons. The van der Waals surface area contributed by atoms with Gasteiger partial charge in [0.15, 0.2) is 0 Å². The van der Waals surface area contributed by atoms with Crippen LogP contribution in [0.25, 0.3) is 0 Å². The molecule has 0 saturated carbocycles. The third kappa shape index (κ3) is 3.07. The Hall–Kier alpha value is -1.45. The highest BCUT2D eigenvalue weighted by Gasteiger charge is 2.81. The van der Waals surface area contributed by atoms with Crippen LogP contribution in [-0.4, -0.2) is 41.9 Å². The summed E-state index contributed by atoms with van der Waals surface area (Å²) in [6.07, 6.45) is -6.58. The summed E-state index contributed by atoms with van der Waals surface area (Å²) in [6.45, 7) is -2.29. The second-order valence-electron chi connectivity index (χ2n) is 5.58. The molecule has 136 valence electrons. The van der Waals surface area contributed by atoms with Gasteiger partial charge in [-0.2, -0.15) is 39.5 Å². The fourth-order valence-corrected chi connectivity index (χ4v) is 2.48. The zero-order valence-electron chi connectivity index (χ0n) is 12.0. The predicted molar refractivity (Wildman–Crippen MR) is 66.3 cm³/mol. The Bertz CT molecular complexity index is 594. The number of fused-ring (bicyclic) bond motifs is 1. The van der Waals surface area contributed by atoms with Crippen molar-refractivity contribution < 1.29 is 39.5 Å². The molecule has 0 atom stereocenters. The van der Waals surface area contributed by atoms with Crippen molar-refractivity contribution in [2.45, 2.75) is 36.9 Å². The number of rotatable bonds is 4. The normalized spacial score (nSPS) is 17.7. The molecule has 24 heavy (non-hydrogen) atoms. The monoisotopic (exact) mass is 365 g/mol. The first-order valence-corrected chi connectivity index (χ1v) is 6.79. The number of halogens is 9. The van der Waals surface area contributed by atoms with Crippen molar-refractivity contribution in [1.82, 2.24) is 4.90 Å². The van der Waals surface area contributed by atoms with E-state index in [4.69, 9.17) is 0 Å². The lowest BCUT2D eigenvalue weighted by Crippen LogP contribution is -2.63. The van der Waals surface area contributed by atoms with E-state index in [2.05, 4.69) is 0 Å². The van der Waals surface area contributed by atoms with E-state index in [-0.39, 0.29) is 19.5 Å². The molecular formula is C14H12F9N. The van der Waals surface area contributed by atoms with Gasteiger partial charge >= 0.3 is 23.9 Å². The molecule has 1 aromatic carbocycles. The Morgan fingerprint density at radius 1 is 0.792 bits per heavy atom. The summed E-state index contributed by atoms with van der Waals surface area (Å²) >= 11 is 0. The van der Waals surface area contributed by atoms with Crippen LogP contribution in [0.15, 0.2) is 24.3 Å². The largest absolute Gasteiger partial charge is 0.460 e. The van der Waals surface area contributed by atoms with Crippen molar-refractivity contribution in [3.63, 3.8) is 0 Å². The molecule has 0 spiro atoms. The topological polar surface area (TPSA) is 3.24 Å². The van der Waals surface area contributed by atoms with Gasteiger partial charge in [0, 0.05) is 13.1 Å². The predicted octanol–water partition coefficient (Wildman–Crippen LogP) is 4.51. The molecule has 1 aliphatic heterocycles. The molecule has 10 heteroatoms. The maximum absolute atomic E-state index is 13.6. The van der Waals surface area contributed by atoms with Crippen molar-refractivity contribution in [3.8, 4) is 0 Å². The van der Waals surface area contributed by atoms with Gasteiger partial charge in [-0.15, -0.1) is 0 Å². The van der Waals surface area contributed by atoms with Crippen molar-refractivity contribution in [2.24, 2.45) is 0 Å². The fraction of sp³-hybridized carbons (Fsp3) is 0.571. The van der Waals surface area contributed by atoms with Gasteiger partial charge < -0.3 is 0 Å². The SMILES string of the molecule is FC(F)(F)C(F)(F)C(F)(F)C(F)(F)CN1CCc2ccccc2C1. The van der Waals surface area contributed by atoms with E-state index < -0.39 is 30.5 Å². The molecule has 0 amide bonds. The average Bonchev–Trinajstić information content (AvgIpc) is 2.45. The minimum Gasteiger partial charge on any atom is -0.293 e. The molecule has 2 rings (SSSR count). The zero-order valence-corrected chi connectivity index (χ0v) is 12.0. The van der Waals surface area contributed by atoms with Crippen LogP contribution < -0.4 is 0 Å². The van der Waals surface area contributed by atoms with E-state index >= 15 is 0 Å². The fourth-order valence-electron chi connectivity index (χ4n) is 2.48. The Morgan fingerprint density at radius 3 is 1.88 bits per heavy atom. The van der Waals surface area contributed by atoms with Crippen LogP contribution in [0.3, 0.4) is 0 Å². The van der Waals surface area contributed by atoms with Crippen LogP contribution in [0.5, 0.6) is 0 Å². The lowest BCUT2D eigenvalue weighted by Gasteiger charge is -2.37. The number of benzene rings is 1. The van der Waals surface area contributed by atoms with Crippen LogP contribution in [0.2, 0.25) is 0 Å². The van der Waals surface area contributed by atoms with E-state index in [0.717, 1.165) is 10.5 Å². The minimum atomic E-state index is -6.84. The molecule has 0 saturated heterocycles. The molecule has 1 heterocycles. The molecule has 0 aliphatic carbocycles. The molecule has 0 N–H and O–H groups in total. The van der Waals surface area contributed by atoms with Crippen molar-refractivity contribution >= 4 is 0 Å². The highest BCUT2D eigenvalue weighted by molar-refractivity contribution is 5.29. The third-order valence-corrected chi connectivity index (χ3v) is 3.84. The van der Waals surface area contributed by atoms with Gasteiger partial charge in [-0.05, 0) is 17.5 Å². The van der Waals surface area contributed by atoms with Crippen LogP contribution in [0, 0.1) is 0 Å². The second-order valence-corrected chi connectivity index (χ2v) is 5.58. The number of nitrogens with zero attached hydrogens (tertiary/aromatic N) is 1. The average molecular weight is 365 g/mol. The Morgan fingerprint density at radius 2 is 1.33 bits per heavy atom. The molecule has 1 aromatic rings. The maximum atomic E-state index is 13.6. The van der Waals surface area contributed by atoms with Gasteiger partial charge in [0.25, 0.3) is 0 Å². The van der Waals surface area contributed by atoms with Gasteiger partial charge in [-0.25, -0.2) is 0 Å². The summed E-state index contributed by atoms with van der Waals surface area (Å²) in [7, 11) is 0. The third-order valence-electron chi connectivity index (χ3n) is 3.84. The van der Waals surface area contributed by atoms with Crippen molar-refractivity contribution in [2.75, 3.05) is 13.1 Å². The molecule has 1 nitrogen and oxygen atoms in total. The molecule has 0 bridgehead atoms. The van der Waals surface area contributed by atoms with Crippen LogP contribution in [-0.2, 0) is 13.0 Å². The first-order valence-electron chi connectivity index (χ1n) is 6.79. The van der Waals surface area contributed by atoms with Crippen LogP contribution in [0.1, 0.15) is 11.1 Å². The van der Waals surface area contributed by atoms with E-state index in [0.29, 0.717) is 5.56 Å². The summed E-state index contributed by atoms with van der Waals surface area (Å²) in [5, 5.41) is 0.